The van der Waals surface area contributed by atoms with E-state index in [1.165, 1.54) is 0 Å². The van der Waals surface area contributed by atoms with Crippen molar-refractivity contribution in [3.05, 3.63) is 83.7 Å². The minimum atomic E-state index is 0.131. The number of carbonyl (C=O) groups is 1. The highest BCUT2D eigenvalue weighted by Gasteiger charge is 2.27. The summed E-state index contributed by atoms with van der Waals surface area (Å²) in [5.74, 6) is 1.90. The molecule has 33 heavy (non-hydrogen) atoms. The second kappa shape index (κ2) is 9.45. The van der Waals surface area contributed by atoms with Crippen molar-refractivity contribution in [2.45, 2.75) is 12.8 Å². The summed E-state index contributed by atoms with van der Waals surface area (Å²) in [5.41, 5.74) is 3.80. The maximum Gasteiger partial charge on any atom is 0.225 e. The Bertz CT molecular complexity index is 1150. The van der Waals surface area contributed by atoms with Crippen LogP contribution in [0.25, 0.3) is 6.08 Å². The lowest BCUT2D eigenvalue weighted by molar-refractivity contribution is 0.0957. The lowest BCUT2D eigenvalue weighted by Gasteiger charge is -2.36. The van der Waals surface area contributed by atoms with Crippen LogP contribution < -0.4 is 14.5 Å². The third-order valence-electron chi connectivity index (χ3n) is 6.41. The Morgan fingerprint density at radius 2 is 1.67 bits per heavy atom. The number of aromatic nitrogens is 2. The van der Waals surface area contributed by atoms with Gasteiger partial charge in [-0.1, -0.05) is 54.6 Å². The lowest BCUT2D eigenvalue weighted by Crippen LogP contribution is -2.47. The molecule has 1 fully saturated rings. The third-order valence-corrected chi connectivity index (χ3v) is 6.41. The number of methoxy groups -OCH3 is 1. The first-order valence-corrected chi connectivity index (χ1v) is 11.5. The molecule has 1 aliphatic heterocycles. The summed E-state index contributed by atoms with van der Waals surface area (Å²) in [4.78, 5) is 26.6. The fourth-order valence-electron chi connectivity index (χ4n) is 4.60. The fraction of sp³-hybridized carbons (Fsp3) is 0.296. The number of rotatable bonds is 5. The number of ether oxygens (including phenoxy) is 1. The molecule has 0 bridgehead atoms. The van der Waals surface area contributed by atoms with Gasteiger partial charge in [0.15, 0.2) is 5.78 Å². The average molecular weight is 441 g/mol. The molecule has 1 aromatic heterocycles. The Morgan fingerprint density at radius 1 is 0.939 bits per heavy atom. The van der Waals surface area contributed by atoms with E-state index >= 15 is 0 Å². The normalized spacial score (nSPS) is 18.5. The number of para-hydroxylation sites is 2. The van der Waals surface area contributed by atoms with E-state index in [-0.39, 0.29) is 11.7 Å². The van der Waals surface area contributed by atoms with Gasteiger partial charge in [0, 0.05) is 38.8 Å². The van der Waals surface area contributed by atoms with Crippen molar-refractivity contribution in [3.63, 3.8) is 0 Å². The topological polar surface area (TPSA) is 58.6 Å². The van der Waals surface area contributed by atoms with E-state index in [9.17, 15) is 4.79 Å². The van der Waals surface area contributed by atoms with E-state index in [0.29, 0.717) is 17.9 Å². The van der Waals surface area contributed by atoms with Gasteiger partial charge < -0.3 is 14.5 Å². The number of benzene rings is 2. The van der Waals surface area contributed by atoms with Gasteiger partial charge in [0.25, 0.3) is 0 Å². The minimum absolute atomic E-state index is 0.131. The second-order valence-corrected chi connectivity index (χ2v) is 8.54. The number of anilines is 2. The molecule has 0 radical (unpaired) electrons. The highest BCUT2D eigenvalue weighted by molar-refractivity contribution is 5.98. The number of hydrogen-bond donors (Lipinski definition) is 0. The van der Waals surface area contributed by atoms with Crippen LogP contribution in [0.5, 0.6) is 5.75 Å². The molecule has 3 aromatic rings. The molecule has 5 rings (SSSR count). The zero-order chi connectivity index (χ0) is 22.6. The summed E-state index contributed by atoms with van der Waals surface area (Å²) in [7, 11) is 1.71. The summed E-state index contributed by atoms with van der Waals surface area (Å²) in [6.45, 7) is 3.37. The zero-order valence-corrected chi connectivity index (χ0v) is 18.9. The van der Waals surface area contributed by atoms with Crippen molar-refractivity contribution in [1.82, 2.24) is 9.97 Å². The Labute approximate surface area is 194 Å². The average Bonchev–Trinajstić information content (AvgIpc) is 2.88. The molecule has 0 unspecified atom stereocenters. The van der Waals surface area contributed by atoms with Gasteiger partial charge in [-0.05, 0) is 30.0 Å². The molecule has 0 N–H and O–H groups in total. The molecule has 1 saturated heterocycles. The van der Waals surface area contributed by atoms with E-state index in [1.54, 1.807) is 13.3 Å². The summed E-state index contributed by atoms with van der Waals surface area (Å²) in [6.07, 6.45) is 7.24. The van der Waals surface area contributed by atoms with Crippen molar-refractivity contribution in [3.8, 4) is 5.75 Å². The fourth-order valence-corrected chi connectivity index (χ4v) is 4.60. The SMILES string of the molecule is COc1ccccc1N1CCN(c2ncc3c(n2)C[C@H](/C=C/c2ccccc2)CC3=O)CC1. The van der Waals surface area contributed by atoms with E-state index in [4.69, 9.17) is 9.72 Å². The highest BCUT2D eigenvalue weighted by atomic mass is 16.5. The smallest absolute Gasteiger partial charge is 0.225 e. The van der Waals surface area contributed by atoms with Crippen molar-refractivity contribution in [1.29, 1.82) is 0 Å². The number of carbonyl (C=O) groups excluding carboxylic acids is 1. The number of ketones is 1. The monoisotopic (exact) mass is 440 g/mol. The maximum absolute atomic E-state index is 12.7. The highest BCUT2D eigenvalue weighted by Crippen LogP contribution is 2.30. The molecule has 0 saturated carbocycles. The molecule has 1 atom stereocenters. The quantitative estimate of drug-likeness (QED) is 0.591. The molecular formula is C27H28N4O2. The Morgan fingerprint density at radius 3 is 2.45 bits per heavy atom. The number of piperazine rings is 1. The van der Waals surface area contributed by atoms with Crippen LogP contribution in [0.1, 0.15) is 28.0 Å². The Balaban J connectivity index is 1.28. The molecule has 2 aliphatic rings. The Kier molecular flexibility index (Phi) is 6.07. The first kappa shape index (κ1) is 21.2. The zero-order valence-electron chi connectivity index (χ0n) is 18.9. The predicted octanol–water partition coefficient (Wildman–Crippen LogP) is 4.27. The summed E-state index contributed by atoms with van der Waals surface area (Å²) in [6, 6.07) is 18.3. The van der Waals surface area contributed by atoms with E-state index in [2.05, 4.69) is 45.1 Å². The van der Waals surface area contributed by atoms with Crippen LogP contribution >= 0.6 is 0 Å². The van der Waals surface area contributed by atoms with Gasteiger partial charge in [0.2, 0.25) is 5.95 Å². The van der Waals surface area contributed by atoms with Crippen LogP contribution in [0.3, 0.4) is 0 Å². The summed E-state index contributed by atoms with van der Waals surface area (Å²) >= 11 is 0. The minimum Gasteiger partial charge on any atom is -0.495 e. The van der Waals surface area contributed by atoms with Crippen molar-refractivity contribution >= 4 is 23.5 Å². The van der Waals surface area contributed by atoms with Crippen LogP contribution in [0, 0.1) is 5.92 Å². The summed E-state index contributed by atoms with van der Waals surface area (Å²) < 4.78 is 5.52. The van der Waals surface area contributed by atoms with Gasteiger partial charge in [-0.15, -0.1) is 0 Å². The molecule has 0 amide bonds. The molecule has 1 aliphatic carbocycles. The van der Waals surface area contributed by atoms with Gasteiger partial charge >= 0.3 is 0 Å². The van der Waals surface area contributed by atoms with Gasteiger partial charge in [0.05, 0.1) is 24.1 Å². The van der Waals surface area contributed by atoms with E-state index in [0.717, 1.165) is 55.3 Å². The second-order valence-electron chi connectivity index (χ2n) is 8.54. The molecule has 2 aromatic carbocycles. The van der Waals surface area contributed by atoms with Crippen molar-refractivity contribution in [2.24, 2.45) is 5.92 Å². The molecule has 6 nitrogen and oxygen atoms in total. The number of hydrogen-bond acceptors (Lipinski definition) is 6. The van der Waals surface area contributed by atoms with Crippen molar-refractivity contribution in [2.75, 3.05) is 43.1 Å². The van der Waals surface area contributed by atoms with Crippen LogP contribution in [0.15, 0.2) is 66.9 Å². The molecule has 168 valence electrons. The van der Waals surface area contributed by atoms with E-state index < -0.39 is 0 Å². The van der Waals surface area contributed by atoms with Crippen LogP contribution in [0.4, 0.5) is 11.6 Å². The van der Waals surface area contributed by atoms with Crippen LogP contribution in [-0.2, 0) is 6.42 Å². The molecule has 6 heteroatoms. The Hall–Kier alpha value is -3.67. The van der Waals surface area contributed by atoms with Crippen molar-refractivity contribution < 1.29 is 9.53 Å². The number of allylic oxidation sites excluding steroid dienone is 1. The first-order chi connectivity index (χ1) is 16.2. The molecule has 0 spiro atoms. The largest absolute Gasteiger partial charge is 0.495 e. The van der Waals surface area contributed by atoms with Crippen LogP contribution in [-0.4, -0.2) is 49.0 Å². The lowest BCUT2D eigenvalue weighted by atomic mass is 9.86. The number of nitrogens with zero attached hydrogens (tertiary/aromatic N) is 4. The maximum atomic E-state index is 12.7. The van der Waals surface area contributed by atoms with Gasteiger partial charge in [0.1, 0.15) is 5.75 Å². The molecular weight excluding hydrogens is 412 g/mol. The standard InChI is InChI=1S/C27H28N4O2/c1-33-26-10-6-5-9-24(26)30-13-15-31(16-14-30)27-28-19-22-23(29-27)17-21(18-25(22)32)12-11-20-7-3-2-4-8-20/h2-12,19,21H,13-18H2,1H3/b12-11+/t21-/m0/s1. The molecule has 2 heterocycles. The predicted molar refractivity (Wildman–Crippen MR) is 131 cm³/mol. The van der Waals surface area contributed by atoms with Gasteiger partial charge in [-0.3, -0.25) is 4.79 Å². The number of Topliss-reactive ketones (excluding diaryl/α,β-unsaturated/α-hetero) is 1. The third kappa shape index (κ3) is 4.60. The van der Waals surface area contributed by atoms with Crippen LogP contribution in [0.2, 0.25) is 0 Å². The number of fused-ring (bicyclic) bond motifs is 1. The van der Waals surface area contributed by atoms with Gasteiger partial charge in [-0.2, -0.15) is 0 Å². The first-order valence-electron chi connectivity index (χ1n) is 11.5. The van der Waals surface area contributed by atoms with E-state index in [1.807, 2.05) is 36.4 Å². The van der Waals surface area contributed by atoms with Gasteiger partial charge in [-0.25, -0.2) is 9.97 Å². The summed E-state index contributed by atoms with van der Waals surface area (Å²) in [5, 5.41) is 0.